The van der Waals surface area contributed by atoms with Gasteiger partial charge in [0.2, 0.25) is 0 Å². The zero-order valence-corrected chi connectivity index (χ0v) is 13.4. The summed E-state index contributed by atoms with van der Waals surface area (Å²) in [5.41, 5.74) is 9.15. The van der Waals surface area contributed by atoms with Crippen LogP contribution in [-0.2, 0) is 18.4 Å². The first-order valence-electron chi connectivity index (χ1n) is 6.74. The molecule has 0 heterocycles. The fourth-order valence-electron chi connectivity index (χ4n) is 2.30. The van der Waals surface area contributed by atoms with E-state index in [-0.39, 0.29) is 5.82 Å². The molecule has 2 aromatic carbocycles. The Bertz CT molecular complexity index is 590. The molecule has 0 aliphatic carbocycles. The zero-order valence-electron chi connectivity index (χ0n) is 11.8. The largest absolute Gasteiger partial charge is 0.321 e. The first kappa shape index (κ1) is 15.2. The van der Waals surface area contributed by atoms with E-state index in [1.807, 2.05) is 6.92 Å². The van der Waals surface area contributed by atoms with Crippen LogP contribution < -0.4 is 5.73 Å². The molecule has 1 nitrogen and oxygen atoms in total. The molecule has 0 aliphatic heterocycles. The van der Waals surface area contributed by atoms with Crippen LogP contribution in [0.4, 0.5) is 4.39 Å². The van der Waals surface area contributed by atoms with Crippen LogP contribution in [0, 0.1) is 5.82 Å². The molecule has 2 rings (SSSR count). The van der Waals surface area contributed by atoms with Crippen molar-refractivity contribution in [2.45, 2.75) is 32.2 Å². The van der Waals surface area contributed by atoms with Gasteiger partial charge in [-0.15, -0.1) is 0 Å². The summed E-state index contributed by atoms with van der Waals surface area (Å²) in [6.07, 6.45) is 1.59. The predicted molar refractivity (Wildman–Crippen MR) is 85.2 cm³/mol. The molecule has 1 unspecified atom stereocenters. The van der Waals surface area contributed by atoms with E-state index in [0.29, 0.717) is 6.42 Å². The van der Waals surface area contributed by atoms with Crippen LogP contribution >= 0.6 is 15.9 Å². The summed E-state index contributed by atoms with van der Waals surface area (Å²) in [6, 6.07) is 13.0. The third-order valence-electron chi connectivity index (χ3n) is 3.59. The summed E-state index contributed by atoms with van der Waals surface area (Å²) in [4.78, 5) is 0. The molecule has 20 heavy (non-hydrogen) atoms. The summed E-state index contributed by atoms with van der Waals surface area (Å²) in [5, 5.41) is 0. The molecule has 0 aromatic heterocycles. The second-order valence-corrected chi connectivity index (χ2v) is 6.23. The number of nitrogens with two attached hydrogens (primary N) is 1. The molecule has 0 amide bonds. The third-order valence-corrected chi connectivity index (χ3v) is 4.36. The number of rotatable bonds is 4. The van der Waals surface area contributed by atoms with E-state index >= 15 is 0 Å². The molecule has 0 fully saturated rings. The van der Waals surface area contributed by atoms with Gasteiger partial charge in [0, 0.05) is 10.0 Å². The lowest BCUT2D eigenvalue weighted by atomic mass is 9.86. The second-order valence-electron chi connectivity index (χ2n) is 5.38. The summed E-state index contributed by atoms with van der Waals surface area (Å²) in [6.45, 7) is 4.10. The van der Waals surface area contributed by atoms with Crippen LogP contribution in [-0.4, -0.2) is 0 Å². The van der Waals surface area contributed by atoms with E-state index in [2.05, 4.69) is 47.1 Å². The first-order valence-corrected chi connectivity index (χ1v) is 7.54. The Labute approximate surface area is 128 Å². The second kappa shape index (κ2) is 6.06. The molecular formula is C17H19BrFN. The Morgan fingerprint density at radius 1 is 1.15 bits per heavy atom. The Balaban J connectivity index is 2.27. The normalized spacial score (nSPS) is 14.1. The van der Waals surface area contributed by atoms with Gasteiger partial charge in [-0.05, 0) is 54.7 Å². The highest BCUT2D eigenvalue weighted by Gasteiger charge is 2.23. The van der Waals surface area contributed by atoms with Crippen molar-refractivity contribution >= 4 is 15.9 Å². The monoisotopic (exact) mass is 335 g/mol. The molecule has 0 radical (unpaired) electrons. The molecule has 2 N–H and O–H groups in total. The van der Waals surface area contributed by atoms with Crippen LogP contribution in [0.1, 0.15) is 30.5 Å². The lowest BCUT2D eigenvalue weighted by Crippen LogP contribution is -2.35. The van der Waals surface area contributed by atoms with E-state index < -0.39 is 5.54 Å². The molecule has 0 spiro atoms. The minimum atomic E-state index is -0.525. The van der Waals surface area contributed by atoms with E-state index in [9.17, 15) is 4.39 Å². The number of aryl methyl sites for hydroxylation is 1. The number of benzene rings is 2. The van der Waals surface area contributed by atoms with Crippen LogP contribution in [0.25, 0.3) is 0 Å². The standard InChI is InChI=1S/C17H19BrFN/c1-3-12-4-6-14(7-5-12)17(2,20)11-13-10-15(19)8-9-16(13)18/h4-10H,3,11,20H2,1-2H3. The Morgan fingerprint density at radius 2 is 1.80 bits per heavy atom. The van der Waals surface area contributed by atoms with Gasteiger partial charge >= 0.3 is 0 Å². The smallest absolute Gasteiger partial charge is 0.123 e. The maximum Gasteiger partial charge on any atom is 0.123 e. The summed E-state index contributed by atoms with van der Waals surface area (Å²) < 4.78 is 14.3. The SMILES string of the molecule is CCc1ccc(C(C)(N)Cc2cc(F)ccc2Br)cc1. The van der Waals surface area contributed by atoms with Gasteiger partial charge in [-0.2, -0.15) is 0 Å². The summed E-state index contributed by atoms with van der Waals surface area (Å²) in [5.74, 6) is -0.236. The molecule has 1 atom stereocenters. The maximum absolute atomic E-state index is 13.4. The van der Waals surface area contributed by atoms with Crippen LogP contribution in [0.5, 0.6) is 0 Å². The Morgan fingerprint density at radius 3 is 2.40 bits per heavy atom. The van der Waals surface area contributed by atoms with Crippen molar-refractivity contribution in [2.75, 3.05) is 0 Å². The van der Waals surface area contributed by atoms with Crippen LogP contribution in [0.15, 0.2) is 46.9 Å². The van der Waals surface area contributed by atoms with Gasteiger partial charge in [-0.25, -0.2) is 4.39 Å². The summed E-state index contributed by atoms with van der Waals surface area (Å²) in [7, 11) is 0. The molecular weight excluding hydrogens is 317 g/mol. The van der Waals surface area contributed by atoms with Crippen LogP contribution in [0.2, 0.25) is 0 Å². The van der Waals surface area contributed by atoms with Gasteiger partial charge in [-0.1, -0.05) is 47.1 Å². The van der Waals surface area contributed by atoms with E-state index in [1.165, 1.54) is 17.7 Å². The minimum absolute atomic E-state index is 0.236. The summed E-state index contributed by atoms with van der Waals surface area (Å²) >= 11 is 3.46. The van der Waals surface area contributed by atoms with Crippen molar-refractivity contribution in [1.29, 1.82) is 0 Å². The zero-order chi connectivity index (χ0) is 14.8. The Kier molecular flexibility index (Phi) is 4.61. The van der Waals surface area contributed by atoms with Crippen molar-refractivity contribution in [2.24, 2.45) is 5.73 Å². The van der Waals surface area contributed by atoms with Gasteiger partial charge in [0.25, 0.3) is 0 Å². The quantitative estimate of drug-likeness (QED) is 0.870. The van der Waals surface area contributed by atoms with Gasteiger partial charge in [-0.3, -0.25) is 0 Å². The van der Waals surface area contributed by atoms with Gasteiger partial charge in [0.15, 0.2) is 0 Å². The lowest BCUT2D eigenvalue weighted by molar-refractivity contribution is 0.488. The molecule has 2 aromatic rings. The average molecular weight is 336 g/mol. The molecule has 3 heteroatoms. The molecule has 0 bridgehead atoms. The number of halogens is 2. The van der Waals surface area contributed by atoms with E-state index in [4.69, 9.17) is 5.73 Å². The predicted octanol–water partition coefficient (Wildman–Crippen LogP) is 4.57. The minimum Gasteiger partial charge on any atom is -0.321 e. The third kappa shape index (κ3) is 3.47. The molecule has 0 saturated carbocycles. The van der Waals surface area contributed by atoms with Crippen molar-refractivity contribution in [1.82, 2.24) is 0 Å². The highest BCUT2D eigenvalue weighted by molar-refractivity contribution is 9.10. The van der Waals surface area contributed by atoms with Crippen molar-refractivity contribution in [3.05, 3.63) is 69.4 Å². The number of hydrogen-bond acceptors (Lipinski definition) is 1. The van der Waals surface area contributed by atoms with Crippen molar-refractivity contribution < 1.29 is 4.39 Å². The molecule has 0 aliphatic rings. The maximum atomic E-state index is 13.4. The van der Waals surface area contributed by atoms with E-state index in [0.717, 1.165) is 22.0 Å². The van der Waals surface area contributed by atoms with E-state index in [1.54, 1.807) is 6.07 Å². The molecule has 106 valence electrons. The average Bonchev–Trinajstić information content (AvgIpc) is 2.43. The van der Waals surface area contributed by atoms with Gasteiger partial charge in [0.1, 0.15) is 5.82 Å². The highest BCUT2D eigenvalue weighted by Crippen LogP contribution is 2.27. The van der Waals surface area contributed by atoms with Crippen molar-refractivity contribution in [3.8, 4) is 0 Å². The highest BCUT2D eigenvalue weighted by atomic mass is 79.9. The fraction of sp³-hybridized carbons (Fsp3) is 0.294. The Hall–Kier alpha value is -1.19. The van der Waals surface area contributed by atoms with Gasteiger partial charge < -0.3 is 5.73 Å². The lowest BCUT2D eigenvalue weighted by Gasteiger charge is -2.26. The molecule has 0 saturated heterocycles. The topological polar surface area (TPSA) is 26.0 Å². The van der Waals surface area contributed by atoms with Gasteiger partial charge in [0.05, 0.1) is 0 Å². The van der Waals surface area contributed by atoms with Crippen molar-refractivity contribution in [3.63, 3.8) is 0 Å². The fourth-order valence-corrected chi connectivity index (χ4v) is 2.68. The number of hydrogen-bond donors (Lipinski definition) is 1. The first-order chi connectivity index (χ1) is 9.42. The van der Waals surface area contributed by atoms with Crippen LogP contribution in [0.3, 0.4) is 0 Å².